The zero-order valence-electron chi connectivity index (χ0n) is 10.4. The number of rotatable bonds is 2. The van der Waals surface area contributed by atoms with Gasteiger partial charge in [-0.05, 0) is 31.0 Å². The fraction of sp³-hybridized carbons (Fsp3) is 0.417. The molecule has 1 N–H and O–H groups in total. The largest absolute Gasteiger partial charge is 0.344 e. The molecule has 2 aromatic rings. The topological polar surface area (TPSA) is 62.5 Å². The molecule has 6 heteroatoms. The number of hydrogen-bond acceptors (Lipinski definition) is 4. The Hall–Kier alpha value is -2.11. The van der Waals surface area contributed by atoms with Crippen molar-refractivity contribution in [2.75, 3.05) is 18.9 Å². The van der Waals surface area contributed by atoms with Crippen molar-refractivity contribution in [1.29, 1.82) is 0 Å². The zero-order chi connectivity index (χ0) is 12.7. The number of carbonyl (C=O) groups is 1. The lowest BCUT2D eigenvalue weighted by Crippen LogP contribution is -2.31. The molecule has 0 aliphatic carbocycles. The monoisotopic (exact) mass is 245 g/mol. The van der Waals surface area contributed by atoms with Crippen LogP contribution >= 0.6 is 0 Å². The molecule has 1 atom stereocenters. The summed E-state index contributed by atoms with van der Waals surface area (Å²) in [6.45, 7) is 2.79. The van der Waals surface area contributed by atoms with Gasteiger partial charge in [-0.15, -0.1) is 5.10 Å². The van der Waals surface area contributed by atoms with E-state index in [1.54, 1.807) is 9.42 Å². The van der Waals surface area contributed by atoms with Crippen molar-refractivity contribution < 1.29 is 4.79 Å². The molecule has 2 aromatic heterocycles. The van der Waals surface area contributed by atoms with Gasteiger partial charge in [-0.25, -0.2) is 4.52 Å². The lowest BCUT2D eigenvalue weighted by Gasteiger charge is -2.10. The van der Waals surface area contributed by atoms with Crippen molar-refractivity contribution in [3.05, 3.63) is 23.9 Å². The Morgan fingerprint density at radius 3 is 3.06 bits per heavy atom. The fourth-order valence-corrected chi connectivity index (χ4v) is 2.16. The summed E-state index contributed by atoms with van der Waals surface area (Å²) in [6, 6.07) is 3.73. The van der Waals surface area contributed by atoms with Crippen molar-refractivity contribution >= 4 is 17.5 Å². The minimum absolute atomic E-state index is 0.102. The lowest BCUT2D eigenvalue weighted by atomic mass is 10.2. The summed E-state index contributed by atoms with van der Waals surface area (Å²) >= 11 is 0. The molecule has 6 nitrogen and oxygen atoms in total. The van der Waals surface area contributed by atoms with Crippen LogP contribution in [0.4, 0.5) is 5.95 Å². The molecule has 18 heavy (non-hydrogen) atoms. The molecule has 1 saturated heterocycles. The highest BCUT2D eigenvalue weighted by Crippen LogP contribution is 2.14. The van der Waals surface area contributed by atoms with Gasteiger partial charge >= 0.3 is 0 Å². The number of nitrogens with one attached hydrogen (secondary N) is 1. The Kier molecular flexibility index (Phi) is 2.43. The number of aromatic nitrogens is 3. The van der Waals surface area contributed by atoms with E-state index >= 15 is 0 Å². The molecule has 1 unspecified atom stereocenters. The smallest absolute Gasteiger partial charge is 0.244 e. The van der Waals surface area contributed by atoms with Crippen LogP contribution in [0.25, 0.3) is 5.65 Å². The summed E-state index contributed by atoms with van der Waals surface area (Å²) in [4.78, 5) is 17.9. The summed E-state index contributed by atoms with van der Waals surface area (Å²) in [5.41, 5.74) is 1.93. The quantitative estimate of drug-likeness (QED) is 0.845. The highest BCUT2D eigenvalue weighted by atomic mass is 16.2. The zero-order valence-corrected chi connectivity index (χ0v) is 10.4. The average Bonchev–Trinajstić information content (AvgIpc) is 2.86. The maximum atomic E-state index is 11.8. The number of amides is 1. The Balaban J connectivity index is 1.85. The van der Waals surface area contributed by atoms with Crippen LogP contribution in [0, 0.1) is 6.92 Å². The average molecular weight is 245 g/mol. The van der Waals surface area contributed by atoms with E-state index in [1.165, 1.54) is 0 Å². The van der Waals surface area contributed by atoms with E-state index in [1.807, 2.05) is 32.3 Å². The first-order valence-corrected chi connectivity index (χ1v) is 5.98. The lowest BCUT2D eigenvalue weighted by molar-refractivity contribution is -0.127. The number of carbonyl (C=O) groups excluding carboxylic acids is 1. The van der Waals surface area contributed by atoms with E-state index in [4.69, 9.17) is 0 Å². The van der Waals surface area contributed by atoms with Gasteiger partial charge in [0, 0.05) is 19.8 Å². The molecule has 3 heterocycles. The Bertz CT molecular complexity index is 606. The maximum Gasteiger partial charge on any atom is 0.244 e. The van der Waals surface area contributed by atoms with E-state index in [2.05, 4.69) is 15.4 Å². The number of pyridine rings is 1. The van der Waals surface area contributed by atoms with Gasteiger partial charge in [0.05, 0.1) is 0 Å². The molecule has 3 rings (SSSR count). The maximum absolute atomic E-state index is 11.8. The fourth-order valence-electron chi connectivity index (χ4n) is 2.16. The summed E-state index contributed by atoms with van der Waals surface area (Å²) in [6.07, 6.45) is 2.66. The number of likely N-dealkylation sites (tertiary alicyclic amines) is 1. The number of nitrogens with zero attached hydrogens (tertiary/aromatic N) is 4. The predicted octanol–water partition coefficient (Wildman–Crippen LogP) is 0.680. The van der Waals surface area contributed by atoms with Gasteiger partial charge in [0.1, 0.15) is 6.04 Å². The Labute approximate surface area is 105 Å². The normalized spacial score (nSPS) is 19.8. The van der Waals surface area contributed by atoms with Crippen molar-refractivity contribution in [1.82, 2.24) is 19.5 Å². The molecule has 94 valence electrons. The number of aryl methyl sites for hydroxylation is 1. The van der Waals surface area contributed by atoms with Gasteiger partial charge in [0.2, 0.25) is 11.9 Å². The molecule has 0 radical (unpaired) electrons. The van der Waals surface area contributed by atoms with E-state index in [9.17, 15) is 4.79 Å². The van der Waals surface area contributed by atoms with Crippen LogP contribution in [0.3, 0.4) is 0 Å². The minimum atomic E-state index is -0.200. The first kappa shape index (κ1) is 11.0. The van der Waals surface area contributed by atoms with Gasteiger partial charge in [0.25, 0.3) is 0 Å². The van der Waals surface area contributed by atoms with Gasteiger partial charge in [-0.1, -0.05) is 0 Å². The van der Waals surface area contributed by atoms with Crippen molar-refractivity contribution in [3.8, 4) is 0 Å². The van der Waals surface area contributed by atoms with Crippen LogP contribution in [0.2, 0.25) is 0 Å². The molecule has 0 aromatic carbocycles. The molecule has 1 amide bonds. The first-order valence-electron chi connectivity index (χ1n) is 5.98. The van der Waals surface area contributed by atoms with Crippen LogP contribution in [0.15, 0.2) is 18.3 Å². The number of likely N-dealkylation sites (N-methyl/N-ethyl adjacent to an activating group) is 1. The summed E-state index contributed by atoms with van der Waals surface area (Å²) < 4.78 is 1.71. The predicted molar refractivity (Wildman–Crippen MR) is 67.4 cm³/mol. The van der Waals surface area contributed by atoms with Crippen LogP contribution in [-0.2, 0) is 4.79 Å². The van der Waals surface area contributed by atoms with Gasteiger partial charge in [0.15, 0.2) is 5.65 Å². The second-order valence-electron chi connectivity index (χ2n) is 4.69. The first-order chi connectivity index (χ1) is 8.63. The van der Waals surface area contributed by atoms with Crippen molar-refractivity contribution in [2.45, 2.75) is 19.4 Å². The van der Waals surface area contributed by atoms with E-state index < -0.39 is 0 Å². The second kappa shape index (κ2) is 3.97. The molecule has 0 bridgehead atoms. The molecule has 0 spiro atoms. The molecule has 1 fully saturated rings. The summed E-state index contributed by atoms with van der Waals surface area (Å²) in [5.74, 6) is 0.610. The summed E-state index contributed by atoms with van der Waals surface area (Å²) in [5, 5.41) is 7.40. The standard InChI is InChI=1S/C12H15N5O/c1-8-3-6-17-10(7-8)14-12(15-17)13-9-4-5-16(2)11(9)18/h3,6-7,9H,4-5H2,1-2H3,(H,13,15). The minimum Gasteiger partial charge on any atom is -0.344 e. The van der Waals surface area contributed by atoms with Crippen LogP contribution in [0.1, 0.15) is 12.0 Å². The third kappa shape index (κ3) is 1.79. The Morgan fingerprint density at radius 1 is 1.50 bits per heavy atom. The third-order valence-electron chi connectivity index (χ3n) is 3.22. The van der Waals surface area contributed by atoms with Gasteiger partial charge in [-0.2, -0.15) is 4.98 Å². The van der Waals surface area contributed by atoms with Crippen LogP contribution in [0.5, 0.6) is 0 Å². The van der Waals surface area contributed by atoms with Crippen LogP contribution in [-0.4, -0.2) is 45.0 Å². The van der Waals surface area contributed by atoms with Crippen molar-refractivity contribution in [2.24, 2.45) is 0 Å². The van der Waals surface area contributed by atoms with Gasteiger partial charge < -0.3 is 10.2 Å². The number of fused-ring (bicyclic) bond motifs is 1. The number of anilines is 1. The third-order valence-corrected chi connectivity index (χ3v) is 3.22. The van der Waals surface area contributed by atoms with E-state index in [0.717, 1.165) is 24.2 Å². The molecule has 1 aliphatic heterocycles. The van der Waals surface area contributed by atoms with E-state index in [-0.39, 0.29) is 11.9 Å². The summed E-state index contributed by atoms with van der Waals surface area (Å²) in [7, 11) is 1.81. The molecule has 0 saturated carbocycles. The van der Waals surface area contributed by atoms with Gasteiger partial charge in [-0.3, -0.25) is 4.79 Å². The molecule has 1 aliphatic rings. The highest BCUT2D eigenvalue weighted by molar-refractivity contribution is 5.86. The molecular weight excluding hydrogens is 230 g/mol. The number of hydrogen-bond donors (Lipinski definition) is 1. The molecular formula is C12H15N5O. The Morgan fingerprint density at radius 2 is 2.33 bits per heavy atom. The highest BCUT2D eigenvalue weighted by Gasteiger charge is 2.29. The van der Waals surface area contributed by atoms with Crippen molar-refractivity contribution in [3.63, 3.8) is 0 Å². The van der Waals surface area contributed by atoms with E-state index in [0.29, 0.717) is 5.95 Å². The van der Waals surface area contributed by atoms with Crippen LogP contribution < -0.4 is 5.32 Å². The second-order valence-corrected chi connectivity index (χ2v) is 4.69. The SMILES string of the molecule is Cc1ccn2nc(NC3CCN(C)C3=O)nc2c1.